The summed E-state index contributed by atoms with van der Waals surface area (Å²) >= 11 is 0. The minimum Gasteiger partial charge on any atom is -0.365 e. The second-order valence-electron chi connectivity index (χ2n) is 4.94. The van der Waals surface area contributed by atoms with Gasteiger partial charge in [0.25, 0.3) is 11.6 Å². The van der Waals surface area contributed by atoms with E-state index in [9.17, 15) is 14.9 Å². The lowest BCUT2D eigenvalue weighted by molar-refractivity contribution is -0.385. The fourth-order valence-electron chi connectivity index (χ4n) is 2.31. The molecule has 8 heteroatoms. The van der Waals surface area contributed by atoms with Crippen LogP contribution in [0.5, 0.6) is 0 Å². The van der Waals surface area contributed by atoms with Crippen LogP contribution in [0.2, 0.25) is 0 Å². The first-order valence-electron chi connectivity index (χ1n) is 6.32. The Morgan fingerprint density at radius 1 is 1.65 bits per heavy atom. The van der Waals surface area contributed by atoms with Gasteiger partial charge in [-0.05, 0) is 18.8 Å². The molecule has 1 heterocycles. The van der Waals surface area contributed by atoms with Crippen LogP contribution in [0, 0.1) is 16.0 Å². The quantitative estimate of drug-likeness (QED) is 0.567. The van der Waals surface area contributed by atoms with Crippen molar-refractivity contribution in [2.24, 2.45) is 17.4 Å². The molecule has 1 fully saturated rings. The summed E-state index contributed by atoms with van der Waals surface area (Å²) < 4.78 is 0. The monoisotopic (exact) mass is 279 g/mol. The van der Waals surface area contributed by atoms with Gasteiger partial charge in [0.1, 0.15) is 12.0 Å². The van der Waals surface area contributed by atoms with Crippen LogP contribution in [0.4, 0.5) is 11.5 Å². The number of hydrogen-bond donors (Lipinski definition) is 2. The molecule has 1 amide bonds. The zero-order valence-electron chi connectivity index (χ0n) is 11.2. The number of pyridine rings is 1. The van der Waals surface area contributed by atoms with Crippen molar-refractivity contribution in [2.75, 3.05) is 18.5 Å². The third-order valence-electron chi connectivity index (χ3n) is 3.57. The summed E-state index contributed by atoms with van der Waals surface area (Å²) in [6.07, 6.45) is 3.30. The van der Waals surface area contributed by atoms with E-state index >= 15 is 0 Å². The molecule has 0 saturated heterocycles. The van der Waals surface area contributed by atoms with Gasteiger partial charge in [-0.2, -0.15) is 0 Å². The molecule has 1 atom stereocenters. The molecule has 1 unspecified atom stereocenters. The molecule has 0 radical (unpaired) electrons. The maximum absolute atomic E-state index is 11.5. The number of anilines is 1. The summed E-state index contributed by atoms with van der Waals surface area (Å²) in [6.45, 7) is 0.429. The van der Waals surface area contributed by atoms with E-state index < -0.39 is 10.8 Å². The Kier molecular flexibility index (Phi) is 3.84. The lowest BCUT2D eigenvalue weighted by Crippen LogP contribution is -2.41. The third-order valence-corrected chi connectivity index (χ3v) is 3.57. The Morgan fingerprint density at radius 3 is 2.75 bits per heavy atom. The summed E-state index contributed by atoms with van der Waals surface area (Å²) in [5.41, 5.74) is 10.8. The predicted octanol–water partition coefficient (Wildman–Crippen LogP) is 0.262. The number of hydrogen-bond acceptors (Lipinski definition) is 6. The van der Waals surface area contributed by atoms with Crippen molar-refractivity contribution in [1.82, 2.24) is 4.98 Å². The van der Waals surface area contributed by atoms with Gasteiger partial charge in [-0.3, -0.25) is 14.9 Å². The van der Waals surface area contributed by atoms with E-state index in [0.29, 0.717) is 18.3 Å². The lowest BCUT2D eigenvalue weighted by atomic mass is 10.1. The Balaban J connectivity index is 2.39. The number of aromatic nitrogens is 1. The Morgan fingerprint density at radius 2 is 2.30 bits per heavy atom. The molecule has 1 aliphatic carbocycles. The number of nitrogens with two attached hydrogens (primary N) is 2. The van der Waals surface area contributed by atoms with Crippen LogP contribution >= 0.6 is 0 Å². The average Bonchev–Trinajstić information content (AvgIpc) is 3.23. The number of carbonyl (C=O) groups excluding carboxylic acids is 1. The lowest BCUT2D eigenvalue weighted by Gasteiger charge is -2.29. The van der Waals surface area contributed by atoms with Crippen molar-refractivity contribution in [3.63, 3.8) is 0 Å². The van der Waals surface area contributed by atoms with Crippen molar-refractivity contribution in [3.8, 4) is 0 Å². The normalized spacial score (nSPS) is 15.7. The Labute approximate surface area is 115 Å². The van der Waals surface area contributed by atoms with Crippen LogP contribution in [0.1, 0.15) is 23.2 Å². The minimum atomic E-state index is -0.741. The number of carbonyl (C=O) groups is 1. The van der Waals surface area contributed by atoms with Gasteiger partial charge in [0, 0.05) is 25.7 Å². The molecule has 1 aromatic rings. The smallest absolute Gasteiger partial charge is 0.288 e. The highest BCUT2D eigenvalue weighted by Crippen LogP contribution is 2.36. The summed E-state index contributed by atoms with van der Waals surface area (Å²) in [7, 11) is 1.77. The van der Waals surface area contributed by atoms with E-state index in [0.717, 1.165) is 25.1 Å². The number of amides is 1. The summed E-state index contributed by atoms with van der Waals surface area (Å²) in [4.78, 5) is 27.5. The van der Waals surface area contributed by atoms with E-state index in [1.165, 1.54) is 0 Å². The van der Waals surface area contributed by atoms with E-state index in [2.05, 4.69) is 4.98 Å². The highest BCUT2D eigenvalue weighted by Gasteiger charge is 2.34. The molecule has 108 valence electrons. The van der Waals surface area contributed by atoms with E-state index in [1.807, 2.05) is 0 Å². The van der Waals surface area contributed by atoms with Crippen LogP contribution < -0.4 is 16.4 Å². The molecular weight excluding hydrogens is 262 g/mol. The van der Waals surface area contributed by atoms with Crippen LogP contribution in [-0.2, 0) is 0 Å². The van der Waals surface area contributed by atoms with Crippen molar-refractivity contribution >= 4 is 17.4 Å². The number of nitrogens with zero attached hydrogens (tertiary/aromatic N) is 3. The van der Waals surface area contributed by atoms with Crippen molar-refractivity contribution in [1.29, 1.82) is 0 Å². The fourth-order valence-corrected chi connectivity index (χ4v) is 2.31. The maximum Gasteiger partial charge on any atom is 0.288 e. The van der Waals surface area contributed by atoms with Crippen LogP contribution in [0.15, 0.2) is 12.3 Å². The zero-order chi connectivity index (χ0) is 14.9. The van der Waals surface area contributed by atoms with Crippen molar-refractivity contribution in [3.05, 3.63) is 27.9 Å². The van der Waals surface area contributed by atoms with Gasteiger partial charge in [-0.15, -0.1) is 0 Å². The molecule has 8 nitrogen and oxygen atoms in total. The Hall–Kier alpha value is -2.22. The van der Waals surface area contributed by atoms with Crippen molar-refractivity contribution in [2.45, 2.75) is 18.9 Å². The van der Waals surface area contributed by atoms with Gasteiger partial charge >= 0.3 is 0 Å². The van der Waals surface area contributed by atoms with Gasteiger partial charge in [0.05, 0.1) is 10.5 Å². The second-order valence-corrected chi connectivity index (χ2v) is 4.94. The highest BCUT2D eigenvalue weighted by atomic mass is 16.6. The van der Waals surface area contributed by atoms with Gasteiger partial charge < -0.3 is 16.4 Å². The summed E-state index contributed by atoms with van der Waals surface area (Å²) in [6, 6.07) is 1.21. The topological polar surface area (TPSA) is 128 Å². The van der Waals surface area contributed by atoms with Gasteiger partial charge in [0.15, 0.2) is 0 Å². The molecule has 4 N–H and O–H groups in total. The maximum atomic E-state index is 11.5. The number of rotatable bonds is 6. The highest BCUT2D eigenvalue weighted by molar-refractivity contribution is 5.98. The molecule has 1 aromatic heterocycles. The molecule has 2 rings (SSSR count). The number of nitro groups is 1. The number of likely N-dealkylation sites (N-methyl/N-ethyl adjacent to an activating group) is 1. The molecule has 0 spiro atoms. The van der Waals surface area contributed by atoms with E-state index in [1.54, 1.807) is 11.9 Å². The predicted molar refractivity (Wildman–Crippen MR) is 73.4 cm³/mol. The Bertz CT molecular complexity index is 544. The molecule has 0 aromatic carbocycles. The first-order valence-corrected chi connectivity index (χ1v) is 6.32. The average molecular weight is 279 g/mol. The van der Waals surface area contributed by atoms with Crippen LogP contribution in [0.25, 0.3) is 0 Å². The molecule has 1 saturated carbocycles. The van der Waals surface area contributed by atoms with E-state index in [-0.39, 0.29) is 17.3 Å². The molecule has 1 aliphatic rings. The third kappa shape index (κ3) is 2.69. The van der Waals surface area contributed by atoms with Gasteiger partial charge in [0.2, 0.25) is 0 Å². The van der Waals surface area contributed by atoms with Crippen LogP contribution in [0.3, 0.4) is 0 Å². The van der Waals surface area contributed by atoms with Crippen molar-refractivity contribution < 1.29 is 9.72 Å². The van der Waals surface area contributed by atoms with E-state index in [4.69, 9.17) is 11.5 Å². The standard InChI is InChI=1S/C12H17N5O3/c1-16(10(5-13)7-2-3-7)12-9(11(14)18)4-8(6-15-12)17(19)20/h4,6-7,10H,2-3,5,13H2,1H3,(H2,14,18). The van der Waals surface area contributed by atoms with Gasteiger partial charge in [-0.1, -0.05) is 0 Å². The minimum absolute atomic E-state index is 0.0424. The second kappa shape index (κ2) is 5.41. The largest absolute Gasteiger partial charge is 0.365 e. The van der Waals surface area contributed by atoms with Crippen LogP contribution in [-0.4, -0.2) is 35.4 Å². The molecule has 0 aliphatic heterocycles. The molecular formula is C12H17N5O3. The zero-order valence-corrected chi connectivity index (χ0v) is 11.2. The number of primary amides is 1. The molecule has 20 heavy (non-hydrogen) atoms. The SMILES string of the molecule is CN(c1ncc([N+](=O)[O-])cc1C(N)=O)C(CN)C1CC1. The fraction of sp³-hybridized carbons (Fsp3) is 0.500. The summed E-state index contributed by atoms with van der Waals surface area (Å²) in [5, 5.41) is 10.7. The summed E-state index contributed by atoms with van der Waals surface area (Å²) in [5.74, 6) is 0.0720. The molecule has 0 bridgehead atoms. The van der Waals surface area contributed by atoms with Gasteiger partial charge in [-0.25, -0.2) is 4.98 Å². The first kappa shape index (κ1) is 14.2. The first-order chi connectivity index (χ1) is 9.45.